The molecule has 0 radical (unpaired) electrons. The van der Waals surface area contributed by atoms with Crippen LogP contribution in [0.3, 0.4) is 0 Å². The molecule has 5 heterocycles. The summed E-state index contributed by atoms with van der Waals surface area (Å²) < 4.78 is 44.8. The number of aromatic nitrogens is 3. The first-order valence-corrected chi connectivity index (χ1v) is 17.9. The maximum Gasteiger partial charge on any atom is 0.304 e. The van der Waals surface area contributed by atoms with Crippen molar-refractivity contribution >= 4 is 32.8 Å². The summed E-state index contributed by atoms with van der Waals surface area (Å²) in [4.78, 5) is 25.8. The summed E-state index contributed by atoms with van der Waals surface area (Å²) in [5.41, 5.74) is 2.95. The van der Waals surface area contributed by atoms with Gasteiger partial charge < -0.3 is 4.90 Å². The van der Waals surface area contributed by atoms with E-state index in [4.69, 9.17) is 10.1 Å². The van der Waals surface area contributed by atoms with Crippen molar-refractivity contribution < 1.29 is 17.6 Å². The summed E-state index contributed by atoms with van der Waals surface area (Å²) in [7, 11) is -3.95. The number of rotatable bonds is 8. The van der Waals surface area contributed by atoms with Crippen LogP contribution in [0.1, 0.15) is 74.5 Å². The van der Waals surface area contributed by atoms with E-state index in [1.807, 2.05) is 0 Å². The molecule has 1 N–H and O–H groups in total. The fraction of sp³-hybridized carbons (Fsp3) is 0.594. The number of amides is 1. The number of piperazine rings is 1. The van der Waals surface area contributed by atoms with Crippen LogP contribution >= 0.6 is 0 Å². The fourth-order valence-corrected chi connectivity index (χ4v) is 8.28. The highest BCUT2D eigenvalue weighted by molar-refractivity contribution is 7.87. The monoisotopic (exact) mass is 638 g/mol. The van der Waals surface area contributed by atoms with Gasteiger partial charge in [0.25, 0.3) is 5.91 Å². The number of hydrogen-bond donors (Lipinski definition) is 1. The van der Waals surface area contributed by atoms with Gasteiger partial charge in [0.1, 0.15) is 11.5 Å². The number of halogens is 1. The molecule has 4 aliphatic rings. The molecular formula is C32H43FN8O3S. The van der Waals surface area contributed by atoms with Gasteiger partial charge in [0.2, 0.25) is 0 Å². The van der Waals surface area contributed by atoms with Crippen molar-refractivity contribution in [3.63, 3.8) is 0 Å². The Balaban J connectivity index is 1.24. The lowest BCUT2D eigenvalue weighted by Crippen LogP contribution is -2.54. The van der Waals surface area contributed by atoms with Gasteiger partial charge in [-0.05, 0) is 76.3 Å². The van der Waals surface area contributed by atoms with Crippen molar-refractivity contribution in [2.75, 3.05) is 57.3 Å². The summed E-state index contributed by atoms with van der Waals surface area (Å²) in [6, 6.07) is 8.90. The number of anilines is 1. The number of nitrogens with one attached hydrogen (secondary N) is 1. The second-order valence-corrected chi connectivity index (χ2v) is 14.9. The van der Waals surface area contributed by atoms with E-state index in [9.17, 15) is 17.6 Å². The first-order chi connectivity index (χ1) is 21.7. The van der Waals surface area contributed by atoms with Gasteiger partial charge >= 0.3 is 10.2 Å². The Hall–Kier alpha value is -3.13. The van der Waals surface area contributed by atoms with Crippen LogP contribution < -0.4 is 9.62 Å². The van der Waals surface area contributed by atoms with Gasteiger partial charge in [-0.25, -0.2) is 18.8 Å². The van der Waals surface area contributed by atoms with Crippen molar-refractivity contribution in [3.05, 3.63) is 47.5 Å². The highest BCUT2D eigenvalue weighted by Crippen LogP contribution is 2.43. The average molecular weight is 639 g/mol. The molecule has 0 atom stereocenters. The molecule has 3 saturated heterocycles. The van der Waals surface area contributed by atoms with Gasteiger partial charge in [0.05, 0.1) is 22.5 Å². The number of carbonyl (C=O) groups excluding carboxylic acids is 1. The fourth-order valence-electron chi connectivity index (χ4n) is 7.07. The zero-order chi connectivity index (χ0) is 31.3. The molecule has 13 heteroatoms. The minimum atomic E-state index is -3.95. The van der Waals surface area contributed by atoms with Crippen LogP contribution in [0.15, 0.2) is 30.3 Å². The van der Waals surface area contributed by atoms with Crippen LogP contribution in [0.25, 0.3) is 16.7 Å². The molecule has 3 aromatic rings. The third-order valence-corrected chi connectivity index (χ3v) is 11.7. The molecule has 1 aliphatic carbocycles. The van der Waals surface area contributed by atoms with Crippen LogP contribution in [0.2, 0.25) is 0 Å². The van der Waals surface area contributed by atoms with Crippen molar-refractivity contribution in [2.24, 2.45) is 0 Å². The summed E-state index contributed by atoms with van der Waals surface area (Å²) in [6.07, 6.45) is 5.95. The van der Waals surface area contributed by atoms with Gasteiger partial charge in [-0.3, -0.25) is 14.6 Å². The standard InChI is InChI=1S/C32H43FN8O3S/c1-22(2)37-17-19-38(20-18-37)25-11-15-39(16-12-25)28-21-27(32(42)36-45(43,44)40-13-4-14-40)34-31-29(28)30(23-5-3-6-23)35-41(31)26-9-7-24(33)8-10-26/h7-10,21-23,25H,3-6,11-20H2,1-2H3,(H,36,42). The van der Waals surface area contributed by atoms with E-state index in [0.717, 1.165) is 94.6 Å². The lowest BCUT2D eigenvalue weighted by molar-refractivity contribution is 0.0692. The Labute approximate surface area is 264 Å². The second kappa shape index (κ2) is 12.2. The van der Waals surface area contributed by atoms with Crippen LogP contribution in [0.4, 0.5) is 10.1 Å². The zero-order valence-corrected chi connectivity index (χ0v) is 27.0. The molecular weight excluding hydrogens is 595 g/mol. The lowest BCUT2D eigenvalue weighted by atomic mass is 9.82. The summed E-state index contributed by atoms with van der Waals surface area (Å²) >= 11 is 0. The maximum atomic E-state index is 13.9. The van der Waals surface area contributed by atoms with E-state index >= 15 is 0 Å². The summed E-state index contributed by atoms with van der Waals surface area (Å²) in [5, 5.41) is 5.93. The third kappa shape index (κ3) is 5.95. The van der Waals surface area contributed by atoms with Crippen LogP contribution in [0, 0.1) is 5.82 Å². The number of benzene rings is 1. The topological polar surface area (TPSA) is 107 Å². The molecule has 45 heavy (non-hydrogen) atoms. The SMILES string of the molecule is CC(C)N1CCN(C2CCN(c3cc(C(=O)NS(=O)(=O)N4CCC4)nc4c3c(C3CCC3)nn4-c3ccc(F)cc3)CC2)CC1. The van der Waals surface area contributed by atoms with Gasteiger partial charge in [0.15, 0.2) is 5.65 Å². The zero-order valence-electron chi connectivity index (χ0n) is 26.2. The van der Waals surface area contributed by atoms with Gasteiger partial charge in [-0.1, -0.05) is 6.42 Å². The molecule has 7 rings (SSSR count). The van der Waals surface area contributed by atoms with Gasteiger partial charge in [0, 0.05) is 70.4 Å². The first kappa shape index (κ1) is 30.5. The molecule has 0 spiro atoms. The Morgan fingerprint density at radius 1 is 0.933 bits per heavy atom. The third-order valence-electron chi connectivity index (χ3n) is 10.2. The van der Waals surface area contributed by atoms with Gasteiger partial charge in [-0.2, -0.15) is 17.8 Å². The summed E-state index contributed by atoms with van der Waals surface area (Å²) in [6.45, 7) is 11.3. The molecule has 1 aromatic carbocycles. The number of carbonyl (C=O) groups is 1. The van der Waals surface area contributed by atoms with E-state index < -0.39 is 16.1 Å². The molecule has 0 bridgehead atoms. The highest BCUT2D eigenvalue weighted by Gasteiger charge is 2.35. The van der Waals surface area contributed by atoms with Crippen molar-refractivity contribution in [1.29, 1.82) is 0 Å². The van der Waals surface area contributed by atoms with Crippen LogP contribution in [0.5, 0.6) is 0 Å². The predicted molar refractivity (Wildman–Crippen MR) is 172 cm³/mol. The maximum absolute atomic E-state index is 13.9. The molecule has 3 aliphatic heterocycles. The van der Waals surface area contributed by atoms with Gasteiger partial charge in [-0.15, -0.1) is 0 Å². The Bertz CT molecular complexity index is 1650. The quantitative estimate of drug-likeness (QED) is 0.400. The van der Waals surface area contributed by atoms with Crippen molar-refractivity contribution in [2.45, 2.75) is 70.4 Å². The van der Waals surface area contributed by atoms with Crippen LogP contribution in [-0.2, 0) is 10.2 Å². The van der Waals surface area contributed by atoms with E-state index in [-0.39, 0.29) is 17.4 Å². The molecule has 2 aromatic heterocycles. The predicted octanol–water partition coefficient (Wildman–Crippen LogP) is 3.50. The van der Waals surface area contributed by atoms with E-state index in [0.29, 0.717) is 36.5 Å². The average Bonchev–Trinajstić information content (AvgIpc) is 3.34. The van der Waals surface area contributed by atoms with Crippen molar-refractivity contribution in [1.82, 2.24) is 33.6 Å². The van der Waals surface area contributed by atoms with E-state index in [1.165, 1.54) is 16.4 Å². The normalized spacial score (nSPS) is 21.3. The first-order valence-electron chi connectivity index (χ1n) is 16.4. The van der Waals surface area contributed by atoms with Crippen molar-refractivity contribution in [3.8, 4) is 5.69 Å². The number of nitrogens with zero attached hydrogens (tertiary/aromatic N) is 7. The lowest BCUT2D eigenvalue weighted by Gasteiger charge is -2.44. The number of piperidine rings is 1. The Morgan fingerprint density at radius 3 is 2.20 bits per heavy atom. The molecule has 11 nitrogen and oxygen atoms in total. The molecule has 4 fully saturated rings. The second-order valence-electron chi connectivity index (χ2n) is 13.2. The molecule has 0 unspecified atom stereocenters. The largest absolute Gasteiger partial charge is 0.371 e. The minimum Gasteiger partial charge on any atom is -0.371 e. The molecule has 1 amide bonds. The smallest absolute Gasteiger partial charge is 0.304 e. The van der Waals surface area contributed by atoms with Crippen LogP contribution in [-0.4, -0.2) is 108 Å². The molecule has 1 saturated carbocycles. The van der Waals surface area contributed by atoms with E-state index in [1.54, 1.807) is 22.9 Å². The Morgan fingerprint density at radius 2 is 1.62 bits per heavy atom. The number of pyridine rings is 1. The minimum absolute atomic E-state index is 0.0250. The summed E-state index contributed by atoms with van der Waals surface area (Å²) in [5.74, 6) is -0.844. The highest BCUT2D eigenvalue weighted by atomic mass is 32.2. The Kier molecular flexibility index (Phi) is 8.30. The number of hydrogen-bond acceptors (Lipinski definition) is 8. The molecule has 242 valence electrons. The number of fused-ring (bicyclic) bond motifs is 1. The van der Waals surface area contributed by atoms with E-state index in [2.05, 4.69) is 33.3 Å².